The highest BCUT2D eigenvalue weighted by molar-refractivity contribution is 6.02. The number of hydrogen-bond donors (Lipinski definition) is 3. The van der Waals surface area contributed by atoms with Crippen LogP contribution in [0.2, 0.25) is 0 Å². The Kier molecular flexibility index (Phi) is 4.58. The first kappa shape index (κ1) is 15.0. The summed E-state index contributed by atoms with van der Waals surface area (Å²) in [5, 5.41) is 11.3. The number of ether oxygens (including phenoxy) is 2. The van der Waals surface area contributed by atoms with E-state index in [1.54, 1.807) is 0 Å². The van der Waals surface area contributed by atoms with Gasteiger partial charge >= 0.3 is 18.0 Å². The second-order valence-corrected chi connectivity index (χ2v) is 4.47. The molecule has 0 aliphatic carbocycles. The van der Waals surface area contributed by atoms with Crippen LogP contribution < -0.4 is 11.1 Å². The number of carbonyl (C=O) groups excluding carboxylic acids is 1. The summed E-state index contributed by atoms with van der Waals surface area (Å²) in [5.41, 5.74) is 5.80. The van der Waals surface area contributed by atoms with Crippen molar-refractivity contribution in [1.29, 1.82) is 0 Å². The number of aliphatic carboxylic acids is 1. The van der Waals surface area contributed by atoms with E-state index in [0.29, 0.717) is 6.61 Å². The predicted octanol–water partition coefficient (Wildman–Crippen LogP) is -1.43. The molecular weight excluding hydrogens is 282 g/mol. The van der Waals surface area contributed by atoms with Gasteiger partial charge in [0, 0.05) is 13.7 Å². The second-order valence-electron chi connectivity index (χ2n) is 4.47. The summed E-state index contributed by atoms with van der Waals surface area (Å²) in [6, 6.07) is -0.935. The second kappa shape index (κ2) is 6.39. The molecule has 0 radical (unpaired) electrons. The number of nitrogens with zero attached hydrogens (tertiary/aromatic N) is 3. The average molecular weight is 299 g/mol. The molecule has 2 amide bonds. The number of fused-ring (bicyclic) bond motifs is 1. The van der Waals surface area contributed by atoms with E-state index in [2.05, 4.69) is 15.3 Å². The molecule has 4 N–H and O–H groups in total. The normalized spacial score (nSPS) is 24.0. The quantitative estimate of drug-likeness (QED) is 0.514. The number of nitrogens with one attached hydrogen (secondary N) is 1. The minimum absolute atomic E-state index is 0.0322. The summed E-state index contributed by atoms with van der Waals surface area (Å²) in [6.45, 7) is 0.646. The Labute approximate surface area is 120 Å². The molecule has 2 unspecified atom stereocenters. The van der Waals surface area contributed by atoms with Crippen molar-refractivity contribution < 1.29 is 24.2 Å². The Morgan fingerprint density at radius 3 is 2.95 bits per heavy atom. The Balaban J connectivity index is 2.08. The molecule has 0 aromatic carbocycles. The molecule has 2 heterocycles. The fourth-order valence-corrected chi connectivity index (χ4v) is 2.02. The van der Waals surface area contributed by atoms with E-state index >= 15 is 0 Å². The number of carboxylic acids is 1. The fourth-order valence-electron chi connectivity index (χ4n) is 2.02. The van der Waals surface area contributed by atoms with Crippen molar-refractivity contribution in [3.05, 3.63) is 0 Å². The first-order chi connectivity index (χ1) is 10.0. The molecular formula is C11H17N5O5. The van der Waals surface area contributed by atoms with Gasteiger partial charge in [-0.15, -0.1) is 0 Å². The zero-order valence-electron chi connectivity index (χ0n) is 11.5. The van der Waals surface area contributed by atoms with E-state index in [1.807, 2.05) is 0 Å². The SMILES string of the molecule is COCCOC1=NC2C(NC(=O)N2CCC(=O)O)C(N)=N1. The minimum atomic E-state index is -0.996. The van der Waals surface area contributed by atoms with Crippen LogP contribution in [-0.2, 0) is 14.3 Å². The topological polar surface area (TPSA) is 139 Å². The van der Waals surface area contributed by atoms with Crippen molar-refractivity contribution in [3.63, 3.8) is 0 Å². The molecule has 0 saturated carbocycles. The molecule has 2 aliphatic heterocycles. The van der Waals surface area contributed by atoms with Crippen molar-refractivity contribution in [2.24, 2.45) is 15.7 Å². The number of aliphatic imine (C=N–C) groups is 2. The standard InChI is InChI=1S/C11H17N5O5/c1-20-4-5-21-10-14-8(12)7-9(15-10)16(11(19)13-7)3-2-6(17)18/h7,9H,2-5H2,1H3,(H,13,19)(H,17,18)(H2,12,14,15). The predicted molar refractivity (Wildman–Crippen MR) is 72.0 cm³/mol. The van der Waals surface area contributed by atoms with Gasteiger partial charge in [-0.25, -0.2) is 9.79 Å². The average Bonchev–Trinajstić information content (AvgIpc) is 2.73. The van der Waals surface area contributed by atoms with Crippen molar-refractivity contribution in [3.8, 4) is 0 Å². The van der Waals surface area contributed by atoms with Crippen LogP contribution in [0, 0.1) is 0 Å². The van der Waals surface area contributed by atoms with Crippen molar-refractivity contribution in [2.45, 2.75) is 18.6 Å². The summed E-state index contributed by atoms with van der Waals surface area (Å²) < 4.78 is 10.1. The Morgan fingerprint density at radius 1 is 1.52 bits per heavy atom. The van der Waals surface area contributed by atoms with E-state index in [9.17, 15) is 9.59 Å². The lowest BCUT2D eigenvalue weighted by Crippen LogP contribution is -2.48. The van der Waals surface area contributed by atoms with Gasteiger partial charge in [0.05, 0.1) is 13.0 Å². The van der Waals surface area contributed by atoms with Gasteiger partial charge in [0.1, 0.15) is 18.5 Å². The van der Waals surface area contributed by atoms with Gasteiger partial charge < -0.3 is 25.6 Å². The van der Waals surface area contributed by atoms with Gasteiger partial charge in [0.2, 0.25) is 0 Å². The highest BCUT2D eigenvalue weighted by atomic mass is 16.5. The van der Waals surface area contributed by atoms with E-state index in [-0.39, 0.29) is 31.4 Å². The van der Waals surface area contributed by atoms with Crippen LogP contribution in [0.25, 0.3) is 0 Å². The number of amidine groups is 2. The van der Waals surface area contributed by atoms with Gasteiger partial charge in [0.15, 0.2) is 6.17 Å². The Bertz CT molecular complexity index is 491. The van der Waals surface area contributed by atoms with Crippen LogP contribution >= 0.6 is 0 Å². The molecule has 0 spiro atoms. The van der Waals surface area contributed by atoms with Gasteiger partial charge in [-0.3, -0.25) is 9.69 Å². The number of urea groups is 1. The van der Waals surface area contributed by atoms with Gasteiger partial charge in [0.25, 0.3) is 0 Å². The summed E-state index contributed by atoms with van der Waals surface area (Å²) in [6.07, 6.45) is -0.824. The third-order valence-electron chi connectivity index (χ3n) is 3.03. The van der Waals surface area contributed by atoms with Crippen LogP contribution in [0.4, 0.5) is 4.79 Å². The third-order valence-corrected chi connectivity index (χ3v) is 3.03. The first-order valence-electron chi connectivity index (χ1n) is 6.35. The molecule has 1 saturated heterocycles. The molecule has 0 aromatic rings. The van der Waals surface area contributed by atoms with Crippen LogP contribution in [0.1, 0.15) is 6.42 Å². The highest BCUT2D eigenvalue weighted by Crippen LogP contribution is 2.19. The summed E-state index contributed by atoms with van der Waals surface area (Å²) >= 11 is 0. The number of rotatable bonds is 6. The molecule has 2 aliphatic rings. The minimum Gasteiger partial charge on any atom is -0.481 e. The van der Waals surface area contributed by atoms with Crippen LogP contribution in [0.3, 0.4) is 0 Å². The lowest BCUT2D eigenvalue weighted by molar-refractivity contribution is -0.137. The van der Waals surface area contributed by atoms with Crippen LogP contribution in [0.5, 0.6) is 0 Å². The van der Waals surface area contributed by atoms with Crippen LogP contribution in [0.15, 0.2) is 9.98 Å². The number of hydrogen-bond acceptors (Lipinski definition) is 7. The van der Waals surface area contributed by atoms with Crippen molar-refractivity contribution >= 4 is 23.9 Å². The number of nitrogens with two attached hydrogens (primary N) is 1. The number of carboxylic acid groups (broad SMARTS) is 1. The number of carbonyl (C=O) groups is 2. The molecule has 1 fully saturated rings. The largest absolute Gasteiger partial charge is 0.481 e. The monoisotopic (exact) mass is 299 g/mol. The van der Waals surface area contributed by atoms with Gasteiger partial charge in [-0.05, 0) is 0 Å². The Morgan fingerprint density at radius 2 is 2.29 bits per heavy atom. The smallest absolute Gasteiger partial charge is 0.319 e. The van der Waals surface area contributed by atoms with Gasteiger partial charge in [-0.1, -0.05) is 0 Å². The molecule has 2 atom stereocenters. The molecule has 21 heavy (non-hydrogen) atoms. The summed E-state index contributed by atoms with van der Waals surface area (Å²) in [7, 11) is 1.53. The molecule has 2 rings (SSSR count). The van der Waals surface area contributed by atoms with E-state index in [1.165, 1.54) is 12.0 Å². The van der Waals surface area contributed by atoms with Crippen LogP contribution in [-0.4, -0.2) is 72.9 Å². The van der Waals surface area contributed by atoms with E-state index < -0.39 is 24.2 Å². The maximum absolute atomic E-state index is 11.8. The summed E-state index contributed by atoms with van der Waals surface area (Å²) in [5.74, 6) is -0.821. The molecule has 0 aromatic heterocycles. The van der Waals surface area contributed by atoms with Gasteiger partial charge in [-0.2, -0.15) is 4.99 Å². The lowest BCUT2D eigenvalue weighted by atomic mass is 10.2. The highest BCUT2D eigenvalue weighted by Gasteiger charge is 2.43. The maximum atomic E-state index is 11.8. The molecule has 10 nitrogen and oxygen atoms in total. The fraction of sp³-hybridized carbons (Fsp3) is 0.636. The number of amides is 2. The van der Waals surface area contributed by atoms with E-state index in [0.717, 1.165) is 0 Å². The van der Waals surface area contributed by atoms with E-state index in [4.69, 9.17) is 20.3 Å². The third kappa shape index (κ3) is 3.40. The van der Waals surface area contributed by atoms with Crippen molar-refractivity contribution in [2.75, 3.05) is 26.9 Å². The summed E-state index contributed by atoms with van der Waals surface area (Å²) in [4.78, 5) is 32.0. The zero-order valence-corrected chi connectivity index (χ0v) is 11.5. The molecule has 10 heteroatoms. The maximum Gasteiger partial charge on any atom is 0.319 e. The zero-order chi connectivity index (χ0) is 15.4. The molecule has 0 bridgehead atoms. The van der Waals surface area contributed by atoms with Crippen molar-refractivity contribution in [1.82, 2.24) is 10.2 Å². The lowest BCUT2D eigenvalue weighted by Gasteiger charge is -2.25. The Hall–Kier alpha value is -2.36. The first-order valence-corrected chi connectivity index (χ1v) is 6.35. The number of methoxy groups -OCH3 is 1. The molecule has 116 valence electrons.